The largest absolute Gasteiger partial charge is 0.332 e. The molecule has 0 aliphatic rings. The molecule has 0 spiro atoms. The zero-order valence-electron chi connectivity index (χ0n) is 16.4. The zero-order valence-corrected chi connectivity index (χ0v) is 16.4. The predicted octanol–water partition coefficient (Wildman–Crippen LogP) is 2.61. The molecule has 1 aromatic carbocycles. The second kappa shape index (κ2) is 8.08. The second-order valence-corrected chi connectivity index (χ2v) is 6.74. The first-order chi connectivity index (χ1) is 14.5. The number of nitrogens with one attached hydrogen (secondary N) is 1. The summed E-state index contributed by atoms with van der Waals surface area (Å²) in [5.41, 5.74) is 3.34. The summed E-state index contributed by atoms with van der Waals surface area (Å²) in [6.07, 6.45) is 3.25. The third kappa shape index (κ3) is 4.14. The van der Waals surface area contributed by atoms with Crippen molar-refractivity contribution in [2.75, 3.05) is 5.32 Å². The van der Waals surface area contributed by atoms with Crippen LogP contribution in [0.1, 0.15) is 11.1 Å². The third-order valence-electron chi connectivity index (χ3n) is 4.40. The lowest BCUT2D eigenvalue weighted by Gasteiger charge is -2.10. The lowest BCUT2D eigenvalue weighted by atomic mass is 10.1. The number of benzene rings is 1. The molecule has 1 amide bonds. The number of rotatable bonds is 5. The Hall–Kier alpha value is -4.14. The zero-order chi connectivity index (χ0) is 21.1. The van der Waals surface area contributed by atoms with E-state index in [1.54, 1.807) is 24.5 Å². The molecule has 4 rings (SSSR count). The van der Waals surface area contributed by atoms with Gasteiger partial charge in [0.05, 0.1) is 0 Å². The summed E-state index contributed by atoms with van der Waals surface area (Å²) in [6.45, 7) is 3.64. The Labute approximate surface area is 171 Å². The Kier molecular flexibility index (Phi) is 5.17. The Bertz CT molecular complexity index is 1260. The highest BCUT2D eigenvalue weighted by Crippen LogP contribution is 2.19. The molecule has 30 heavy (non-hydrogen) atoms. The number of hydrogen-bond donors (Lipinski definition) is 1. The van der Waals surface area contributed by atoms with Crippen LogP contribution in [0.15, 0.2) is 64.2 Å². The highest BCUT2D eigenvalue weighted by Gasteiger charge is 2.14. The number of carbonyl (C=O) groups excluding carboxylic acids is 1. The molecule has 0 atom stereocenters. The maximum atomic E-state index is 12.4. The molecule has 0 unspecified atom stereocenters. The minimum Gasteiger partial charge on any atom is -0.332 e. The van der Waals surface area contributed by atoms with Crippen LogP contribution in [0, 0.1) is 13.8 Å². The molecule has 0 saturated heterocycles. The van der Waals surface area contributed by atoms with E-state index >= 15 is 0 Å². The summed E-state index contributed by atoms with van der Waals surface area (Å²) in [5.74, 6) is 0.154. The van der Waals surface area contributed by atoms with E-state index in [4.69, 9.17) is 4.52 Å². The smallest absolute Gasteiger partial charge is 0.278 e. The number of amides is 1. The Balaban J connectivity index is 1.54. The maximum absolute atomic E-state index is 12.4. The molecule has 0 radical (unpaired) electrons. The minimum absolute atomic E-state index is 0.144. The molecule has 3 heterocycles. The fourth-order valence-electron chi connectivity index (χ4n) is 2.90. The number of carbonyl (C=O) groups is 1. The molecule has 3 aromatic heterocycles. The molecule has 0 aliphatic heterocycles. The molecule has 0 saturated carbocycles. The summed E-state index contributed by atoms with van der Waals surface area (Å²) in [5, 5.41) is 10.9. The molecular weight excluding hydrogens is 384 g/mol. The predicted molar refractivity (Wildman–Crippen MR) is 110 cm³/mol. The third-order valence-corrected chi connectivity index (χ3v) is 4.40. The van der Waals surface area contributed by atoms with Crippen LogP contribution in [0.2, 0.25) is 0 Å². The van der Waals surface area contributed by atoms with Crippen molar-refractivity contribution in [3.05, 3.63) is 76.3 Å². The van der Waals surface area contributed by atoms with E-state index in [-0.39, 0.29) is 18.3 Å². The fraction of sp³-hybridized carbons (Fsp3) is 0.143. The SMILES string of the molecule is Cc1ccc(NC(=O)Cn2nc(-c3nc(-c4ccncc4)no3)ccc2=O)c(C)c1. The monoisotopic (exact) mass is 402 g/mol. The summed E-state index contributed by atoms with van der Waals surface area (Å²) in [6, 6.07) is 12.0. The topological polar surface area (TPSA) is 116 Å². The van der Waals surface area contributed by atoms with Crippen LogP contribution < -0.4 is 10.9 Å². The molecular formula is C21H18N6O3. The van der Waals surface area contributed by atoms with E-state index in [2.05, 4.69) is 25.5 Å². The van der Waals surface area contributed by atoms with E-state index in [9.17, 15) is 9.59 Å². The summed E-state index contributed by atoms with van der Waals surface area (Å²) >= 11 is 0. The summed E-state index contributed by atoms with van der Waals surface area (Å²) in [7, 11) is 0. The van der Waals surface area contributed by atoms with Crippen molar-refractivity contribution < 1.29 is 9.32 Å². The first-order valence-electron chi connectivity index (χ1n) is 9.19. The van der Waals surface area contributed by atoms with Crippen molar-refractivity contribution in [2.45, 2.75) is 20.4 Å². The Morgan fingerprint density at radius 3 is 2.67 bits per heavy atom. The van der Waals surface area contributed by atoms with Crippen LogP contribution in [-0.4, -0.2) is 30.8 Å². The van der Waals surface area contributed by atoms with Gasteiger partial charge in [0.2, 0.25) is 11.7 Å². The number of pyridine rings is 1. The van der Waals surface area contributed by atoms with Gasteiger partial charge in [0.25, 0.3) is 11.4 Å². The molecule has 9 heteroatoms. The van der Waals surface area contributed by atoms with Gasteiger partial charge in [-0.25, -0.2) is 4.68 Å². The van der Waals surface area contributed by atoms with Gasteiger partial charge in [0.15, 0.2) is 0 Å². The molecule has 9 nitrogen and oxygen atoms in total. The van der Waals surface area contributed by atoms with Gasteiger partial charge in [-0.2, -0.15) is 10.1 Å². The number of aryl methyl sites for hydroxylation is 2. The molecule has 150 valence electrons. The van der Waals surface area contributed by atoms with Gasteiger partial charge in [0.1, 0.15) is 12.2 Å². The average Bonchev–Trinajstić information content (AvgIpc) is 3.23. The van der Waals surface area contributed by atoms with Crippen LogP contribution in [0.25, 0.3) is 23.0 Å². The van der Waals surface area contributed by atoms with Gasteiger partial charge in [-0.05, 0) is 43.7 Å². The van der Waals surface area contributed by atoms with Crippen LogP contribution >= 0.6 is 0 Å². The first-order valence-corrected chi connectivity index (χ1v) is 9.19. The Morgan fingerprint density at radius 1 is 1.10 bits per heavy atom. The normalized spacial score (nSPS) is 10.7. The molecule has 0 bridgehead atoms. The van der Waals surface area contributed by atoms with E-state index in [0.717, 1.165) is 21.4 Å². The molecule has 0 aliphatic carbocycles. The van der Waals surface area contributed by atoms with Crippen LogP contribution in [0.4, 0.5) is 5.69 Å². The van der Waals surface area contributed by atoms with Crippen molar-refractivity contribution in [3.8, 4) is 23.0 Å². The van der Waals surface area contributed by atoms with Gasteiger partial charge in [-0.15, -0.1) is 0 Å². The van der Waals surface area contributed by atoms with Crippen molar-refractivity contribution >= 4 is 11.6 Å². The average molecular weight is 402 g/mol. The first kappa shape index (κ1) is 19.2. The number of nitrogens with zero attached hydrogens (tertiary/aromatic N) is 5. The summed E-state index contributed by atoms with van der Waals surface area (Å²) in [4.78, 5) is 32.9. The van der Waals surface area contributed by atoms with Crippen molar-refractivity contribution in [1.82, 2.24) is 24.9 Å². The van der Waals surface area contributed by atoms with Gasteiger partial charge >= 0.3 is 0 Å². The quantitative estimate of drug-likeness (QED) is 0.545. The lowest BCUT2D eigenvalue weighted by Crippen LogP contribution is -2.29. The highest BCUT2D eigenvalue weighted by atomic mass is 16.5. The van der Waals surface area contributed by atoms with Gasteiger partial charge in [-0.1, -0.05) is 22.9 Å². The standard InChI is InChI=1S/C21H18N6O3/c1-13-3-4-16(14(2)11-13)23-18(28)12-27-19(29)6-5-17(25-27)21-24-20(26-30-21)15-7-9-22-10-8-15/h3-11H,12H2,1-2H3,(H,23,28). The van der Waals surface area contributed by atoms with Gasteiger partial charge < -0.3 is 9.84 Å². The van der Waals surface area contributed by atoms with Crippen LogP contribution in [0.3, 0.4) is 0 Å². The lowest BCUT2D eigenvalue weighted by molar-refractivity contribution is -0.117. The fourth-order valence-corrected chi connectivity index (χ4v) is 2.90. The van der Waals surface area contributed by atoms with E-state index < -0.39 is 5.56 Å². The molecule has 4 aromatic rings. The molecule has 0 fully saturated rings. The molecule has 1 N–H and O–H groups in total. The van der Waals surface area contributed by atoms with Crippen molar-refractivity contribution in [2.24, 2.45) is 0 Å². The van der Waals surface area contributed by atoms with Crippen LogP contribution in [0.5, 0.6) is 0 Å². The van der Waals surface area contributed by atoms with E-state index in [1.807, 2.05) is 32.0 Å². The number of aromatic nitrogens is 5. The summed E-state index contributed by atoms with van der Waals surface area (Å²) < 4.78 is 6.33. The maximum Gasteiger partial charge on any atom is 0.278 e. The number of hydrogen-bond acceptors (Lipinski definition) is 7. The van der Waals surface area contributed by atoms with Gasteiger partial charge in [-0.3, -0.25) is 14.6 Å². The Morgan fingerprint density at radius 2 is 1.90 bits per heavy atom. The second-order valence-electron chi connectivity index (χ2n) is 6.74. The van der Waals surface area contributed by atoms with Crippen molar-refractivity contribution in [3.63, 3.8) is 0 Å². The number of anilines is 1. The minimum atomic E-state index is -0.414. The van der Waals surface area contributed by atoms with Crippen LogP contribution in [-0.2, 0) is 11.3 Å². The van der Waals surface area contributed by atoms with Crippen molar-refractivity contribution in [1.29, 1.82) is 0 Å². The van der Waals surface area contributed by atoms with E-state index in [1.165, 1.54) is 12.1 Å². The highest BCUT2D eigenvalue weighted by molar-refractivity contribution is 5.91. The van der Waals surface area contributed by atoms with Gasteiger partial charge in [0, 0.05) is 29.7 Å². The van der Waals surface area contributed by atoms with E-state index in [0.29, 0.717) is 17.2 Å².